The highest BCUT2D eigenvalue weighted by Crippen LogP contribution is 1.77. The molecule has 2 heteroatoms. The first-order valence-electron chi connectivity index (χ1n) is 2.41. The van der Waals surface area contributed by atoms with Crippen molar-refractivity contribution in [1.82, 2.24) is 0 Å². The highest BCUT2D eigenvalue weighted by atomic mass is 32.1. The molecule has 0 fully saturated rings. The second-order valence-electron chi connectivity index (χ2n) is 1.35. The Hall–Kier alpha value is 0.882. The largest absolute Gasteiger partial charge is 0.236 e. The van der Waals surface area contributed by atoms with Crippen LogP contribution in [0.3, 0.4) is 0 Å². The first kappa shape index (κ1) is 9.99. The molecule has 0 bridgehead atoms. The Bertz CT molecular complexity index is 15.0. The van der Waals surface area contributed by atoms with Gasteiger partial charge in [0.05, 0.1) is 0 Å². The van der Waals surface area contributed by atoms with E-state index in [0.29, 0.717) is 15.2 Å². The average molecular weight is 120 g/mol. The van der Waals surface area contributed by atoms with Gasteiger partial charge in [-0.25, -0.2) is 0 Å². The maximum atomic E-state index is 2.27. The van der Waals surface area contributed by atoms with Crippen LogP contribution in [0.15, 0.2) is 0 Å². The summed E-state index contributed by atoms with van der Waals surface area (Å²) in [5.41, 5.74) is 0. The van der Waals surface area contributed by atoms with Crippen molar-refractivity contribution in [2.45, 2.75) is 24.4 Å². The highest BCUT2D eigenvalue weighted by Gasteiger charge is 1.76. The second kappa shape index (κ2) is 9.30. The predicted molar refractivity (Wildman–Crippen MR) is 38.5 cm³/mol. The Morgan fingerprint density at radius 2 is 1.50 bits per heavy atom. The second-order valence-corrected chi connectivity index (χ2v) is 4.06. The highest BCUT2D eigenvalue weighted by molar-refractivity contribution is 7.59. The van der Waals surface area contributed by atoms with Gasteiger partial charge in [-0.15, -0.1) is 10.6 Å². The van der Waals surface area contributed by atoms with Crippen molar-refractivity contribution in [1.29, 1.82) is 0 Å². The first-order chi connectivity index (χ1) is 2.41. The van der Waals surface area contributed by atoms with Gasteiger partial charge in [-0.2, -0.15) is 13.5 Å². The van der Waals surface area contributed by atoms with Crippen LogP contribution in [0.4, 0.5) is 0 Å². The van der Waals surface area contributed by atoms with Gasteiger partial charge in [0.1, 0.15) is 0 Å². The zero-order chi connectivity index (χ0) is 4.12. The molecule has 0 unspecified atom stereocenters. The summed E-state index contributed by atoms with van der Waals surface area (Å²) in [5.74, 6) is 0. The summed E-state index contributed by atoms with van der Waals surface area (Å²) in [6, 6.07) is 0. The van der Waals surface area contributed by atoms with Gasteiger partial charge in [0, 0.05) is 0 Å². The van der Waals surface area contributed by atoms with E-state index in [1.54, 1.807) is 0 Å². The number of rotatable bonds is 2. The monoisotopic (exact) mass is 120 g/mol. The Kier molecular flexibility index (Phi) is 15.5. The van der Waals surface area contributed by atoms with E-state index in [1.165, 1.54) is 10.6 Å². The van der Waals surface area contributed by atoms with Gasteiger partial charge in [0.25, 0.3) is 0 Å². The van der Waals surface area contributed by atoms with Crippen LogP contribution in [0, 0.1) is 0 Å². The van der Waals surface area contributed by atoms with Crippen molar-refractivity contribution in [2.75, 3.05) is 0 Å². The minimum atomic E-state index is 0. The van der Waals surface area contributed by atoms with E-state index in [4.69, 9.17) is 0 Å². The molecule has 0 aliphatic carbocycles. The van der Waals surface area contributed by atoms with E-state index in [2.05, 4.69) is 13.8 Å². The molecule has 0 atom stereocenters. The molecule has 0 heterocycles. The lowest BCUT2D eigenvalue weighted by Gasteiger charge is -1.73. The van der Waals surface area contributed by atoms with Crippen molar-refractivity contribution in [3.05, 3.63) is 0 Å². The minimum Gasteiger partial charge on any atom is -0.197 e. The van der Waals surface area contributed by atoms with Crippen LogP contribution in [0.2, 0.25) is 10.6 Å². The van der Waals surface area contributed by atoms with Gasteiger partial charge >= 0.3 is 0 Å². The van der Waals surface area contributed by atoms with Gasteiger partial charge < -0.3 is 0 Å². The summed E-state index contributed by atoms with van der Waals surface area (Å²) in [4.78, 5) is 0. The molecule has 0 rings (SSSR count). The quantitative estimate of drug-likeness (QED) is 0.483. The molecule has 0 aliphatic heterocycles. The van der Waals surface area contributed by atoms with Crippen LogP contribution in [0.5, 0.6) is 0 Å². The lowest BCUT2D eigenvalue weighted by molar-refractivity contribution is 1.36. The summed E-state index contributed by atoms with van der Waals surface area (Å²) < 4.78 is 0. The van der Waals surface area contributed by atoms with Crippen molar-refractivity contribution in [2.24, 2.45) is 0 Å². The van der Waals surface area contributed by atoms with E-state index in [-0.39, 0.29) is 13.5 Å². The van der Waals surface area contributed by atoms with Gasteiger partial charge in [0.15, 0.2) is 0 Å². The molecule has 0 saturated heterocycles. The zero-order valence-corrected chi connectivity index (χ0v) is 7.04. The molecular weight excluding hydrogens is 107 g/mol. The van der Waals surface area contributed by atoms with Crippen LogP contribution < -0.4 is 0 Å². The van der Waals surface area contributed by atoms with Crippen molar-refractivity contribution < 1.29 is 0 Å². The van der Waals surface area contributed by atoms with E-state index in [0.717, 1.165) is 0 Å². The molecular formula is C4H13AlS. The first-order valence-corrected chi connectivity index (χ1v) is 4.41. The molecule has 0 aliphatic rings. The molecule has 0 spiro atoms. The average Bonchev–Trinajstić information content (AvgIpc) is 1.41. The van der Waals surface area contributed by atoms with Crippen LogP contribution in [0.1, 0.15) is 13.8 Å². The van der Waals surface area contributed by atoms with E-state index < -0.39 is 0 Å². The van der Waals surface area contributed by atoms with Crippen molar-refractivity contribution in [3.63, 3.8) is 0 Å². The summed E-state index contributed by atoms with van der Waals surface area (Å²) in [5, 5.41) is 2.97. The predicted octanol–water partition coefficient (Wildman–Crippen LogP) is 1.41. The molecule has 0 aromatic carbocycles. The third-order valence-corrected chi connectivity index (χ3v) is 2.12. The molecule has 0 nitrogen and oxygen atoms in total. The van der Waals surface area contributed by atoms with Gasteiger partial charge in [0.2, 0.25) is 15.2 Å². The molecule has 0 N–H and O–H groups in total. The molecule has 0 saturated carbocycles. The molecule has 0 amide bonds. The third-order valence-electron chi connectivity index (χ3n) is 0.707. The minimum absolute atomic E-state index is 0. The number of hydrogen-bond donors (Lipinski definition) is 0. The maximum absolute atomic E-state index is 2.27. The fourth-order valence-corrected chi connectivity index (χ4v) is 1.06. The SMILES string of the molecule is C[CH2][AlH][CH2]C.S. The Morgan fingerprint density at radius 3 is 1.50 bits per heavy atom. The Labute approximate surface area is 53.5 Å². The third kappa shape index (κ3) is 8.86. The van der Waals surface area contributed by atoms with Gasteiger partial charge in [-0.3, -0.25) is 0 Å². The molecule has 0 radical (unpaired) electrons. The molecule has 6 heavy (non-hydrogen) atoms. The van der Waals surface area contributed by atoms with Crippen LogP contribution in [0.25, 0.3) is 0 Å². The van der Waals surface area contributed by atoms with Crippen LogP contribution in [-0.4, -0.2) is 15.2 Å². The number of hydrogen-bond acceptors (Lipinski definition) is 0. The Morgan fingerprint density at radius 1 is 1.17 bits per heavy atom. The zero-order valence-electron chi connectivity index (χ0n) is 4.62. The molecule has 0 aromatic rings. The summed E-state index contributed by atoms with van der Waals surface area (Å²) in [6.07, 6.45) is 0. The van der Waals surface area contributed by atoms with Crippen LogP contribution >= 0.6 is 13.5 Å². The smallest absolute Gasteiger partial charge is 0.197 e. The van der Waals surface area contributed by atoms with Crippen molar-refractivity contribution in [3.8, 4) is 0 Å². The summed E-state index contributed by atoms with van der Waals surface area (Å²) in [6.45, 7) is 4.55. The summed E-state index contributed by atoms with van der Waals surface area (Å²) >= 11 is 0.432. The maximum Gasteiger partial charge on any atom is 0.236 e. The fourth-order valence-electron chi connectivity index (χ4n) is 0.354. The fraction of sp³-hybridized carbons (Fsp3) is 1.00. The lowest BCUT2D eigenvalue weighted by atomic mass is 10.9. The van der Waals surface area contributed by atoms with E-state index >= 15 is 0 Å². The normalized spacial score (nSPS) is 6.33. The molecule has 38 valence electrons. The topological polar surface area (TPSA) is 0 Å². The van der Waals surface area contributed by atoms with Gasteiger partial charge in [-0.1, -0.05) is 13.8 Å². The van der Waals surface area contributed by atoms with Crippen LogP contribution in [-0.2, 0) is 0 Å². The Balaban J connectivity index is 0. The van der Waals surface area contributed by atoms with Gasteiger partial charge in [-0.05, 0) is 0 Å². The molecule has 0 aromatic heterocycles. The van der Waals surface area contributed by atoms with Crippen molar-refractivity contribution >= 4 is 28.7 Å². The standard InChI is InChI=1S/2C2H5.Al.H2S.H/c2*1-2;;;/h2*1H2,2H3;;1H2;. The lowest BCUT2D eigenvalue weighted by Crippen LogP contribution is -1.76. The van der Waals surface area contributed by atoms with E-state index in [9.17, 15) is 0 Å². The summed E-state index contributed by atoms with van der Waals surface area (Å²) in [7, 11) is 0. The van der Waals surface area contributed by atoms with E-state index in [1.807, 2.05) is 0 Å².